The van der Waals surface area contributed by atoms with Crippen molar-refractivity contribution < 1.29 is 18.0 Å². The van der Waals surface area contributed by atoms with Crippen molar-refractivity contribution in [3.8, 4) is 0 Å². The largest absolute Gasteiger partial charge is 0.416 e. The van der Waals surface area contributed by atoms with Crippen molar-refractivity contribution in [1.29, 1.82) is 0 Å². The molecule has 2 fully saturated rings. The molecule has 1 unspecified atom stereocenters. The molecule has 2 aliphatic rings. The van der Waals surface area contributed by atoms with Crippen LogP contribution in [0.3, 0.4) is 0 Å². The van der Waals surface area contributed by atoms with Crippen molar-refractivity contribution in [2.45, 2.75) is 44.4 Å². The maximum atomic E-state index is 12.6. The topological polar surface area (TPSA) is 32.3 Å². The lowest BCUT2D eigenvalue weighted by Gasteiger charge is -2.32. The minimum absolute atomic E-state index is 0.00111. The fraction of sp³-hybridized carbons (Fsp3) is 0.588. The Kier molecular flexibility index (Phi) is 4.62. The van der Waals surface area contributed by atoms with E-state index in [1.807, 2.05) is 0 Å². The number of halogens is 3. The standard InChI is InChI=1S/C17H21F3N2O/c18-17(19,20)14-5-3-12(4-6-14)10-22-9-1-2-13(11-22)16(23)21-15-7-8-15/h3-6,13,15H,1-2,7-11H2,(H,21,23). The fourth-order valence-electron chi connectivity index (χ4n) is 3.02. The number of piperidine rings is 1. The van der Waals surface area contributed by atoms with Crippen LogP contribution in [0, 0.1) is 5.92 Å². The minimum Gasteiger partial charge on any atom is -0.353 e. The molecule has 0 spiro atoms. The second-order valence-electron chi connectivity index (χ2n) is 6.55. The Morgan fingerprint density at radius 3 is 2.48 bits per heavy atom. The van der Waals surface area contributed by atoms with Gasteiger partial charge in [-0.05, 0) is 49.9 Å². The maximum Gasteiger partial charge on any atom is 0.416 e. The lowest BCUT2D eigenvalue weighted by atomic mass is 9.96. The zero-order chi connectivity index (χ0) is 16.4. The number of rotatable bonds is 4. The molecule has 1 saturated carbocycles. The highest BCUT2D eigenvalue weighted by Crippen LogP contribution is 2.29. The number of hydrogen-bond donors (Lipinski definition) is 1. The van der Waals surface area contributed by atoms with Gasteiger partial charge < -0.3 is 5.32 Å². The van der Waals surface area contributed by atoms with Gasteiger partial charge in [0.15, 0.2) is 0 Å². The molecule has 6 heteroatoms. The molecule has 3 rings (SSSR count). The van der Waals surface area contributed by atoms with Gasteiger partial charge in [0.25, 0.3) is 0 Å². The SMILES string of the molecule is O=C(NC1CC1)C1CCCN(Cc2ccc(C(F)(F)F)cc2)C1. The normalized spacial score (nSPS) is 22.8. The predicted octanol–water partition coefficient (Wildman–Crippen LogP) is 3.20. The van der Waals surface area contributed by atoms with E-state index >= 15 is 0 Å². The first kappa shape index (κ1) is 16.3. The summed E-state index contributed by atoms with van der Waals surface area (Å²) < 4.78 is 37.7. The number of carbonyl (C=O) groups is 1. The first-order valence-electron chi connectivity index (χ1n) is 8.11. The van der Waals surface area contributed by atoms with E-state index in [0.717, 1.165) is 49.9 Å². The van der Waals surface area contributed by atoms with Gasteiger partial charge in [0.2, 0.25) is 5.91 Å². The van der Waals surface area contributed by atoms with Crippen molar-refractivity contribution in [2.24, 2.45) is 5.92 Å². The van der Waals surface area contributed by atoms with E-state index in [9.17, 15) is 18.0 Å². The molecule has 0 bridgehead atoms. The lowest BCUT2D eigenvalue weighted by Crippen LogP contribution is -2.43. The highest BCUT2D eigenvalue weighted by atomic mass is 19.4. The number of amides is 1. The monoisotopic (exact) mass is 326 g/mol. The molecule has 126 valence electrons. The first-order chi connectivity index (χ1) is 10.9. The molecule has 1 N–H and O–H groups in total. The van der Waals surface area contributed by atoms with Crippen LogP contribution in [0.4, 0.5) is 13.2 Å². The van der Waals surface area contributed by atoms with Crippen LogP contribution in [0.5, 0.6) is 0 Å². The van der Waals surface area contributed by atoms with Crippen LogP contribution < -0.4 is 5.32 Å². The summed E-state index contributed by atoms with van der Waals surface area (Å²) in [5.74, 6) is 0.128. The van der Waals surface area contributed by atoms with Crippen LogP contribution in [0.2, 0.25) is 0 Å². The Balaban J connectivity index is 1.55. The van der Waals surface area contributed by atoms with Crippen molar-refractivity contribution >= 4 is 5.91 Å². The molecular weight excluding hydrogens is 305 g/mol. The van der Waals surface area contributed by atoms with Crippen LogP contribution in [0.25, 0.3) is 0 Å². The van der Waals surface area contributed by atoms with Gasteiger partial charge in [-0.1, -0.05) is 12.1 Å². The van der Waals surface area contributed by atoms with Crippen LogP contribution >= 0.6 is 0 Å². The molecular formula is C17H21F3N2O. The third-order valence-electron chi connectivity index (χ3n) is 4.49. The Labute approximate surface area is 133 Å². The highest BCUT2D eigenvalue weighted by Gasteiger charge is 2.31. The minimum atomic E-state index is -4.30. The second-order valence-corrected chi connectivity index (χ2v) is 6.55. The Hall–Kier alpha value is -1.56. The van der Waals surface area contributed by atoms with Gasteiger partial charge >= 0.3 is 6.18 Å². The van der Waals surface area contributed by atoms with Gasteiger partial charge in [-0.2, -0.15) is 13.2 Å². The van der Waals surface area contributed by atoms with E-state index in [1.165, 1.54) is 12.1 Å². The van der Waals surface area contributed by atoms with E-state index in [-0.39, 0.29) is 11.8 Å². The number of nitrogens with zero attached hydrogens (tertiary/aromatic N) is 1. The molecule has 1 aliphatic heterocycles. The number of hydrogen-bond acceptors (Lipinski definition) is 2. The summed E-state index contributed by atoms with van der Waals surface area (Å²) in [7, 11) is 0. The van der Waals surface area contributed by atoms with E-state index in [0.29, 0.717) is 19.1 Å². The van der Waals surface area contributed by atoms with Gasteiger partial charge in [0, 0.05) is 19.1 Å². The zero-order valence-corrected chi connectivity index (χ0v) is 12.9. The molecule has 1 amide bonds. The van der Waals surface area contributed by atoms with E-state index in [4.69, 9.17) is 0 Å². The van der Waals surface area contributed by atoms with Crippen molar-refractivity contribution in [3.63, 3.8) is 0 Å². The third kappa shape index (κ3) is 4.47. The lowest BCUT2D eigenvalue weighted by molar-refractivity contribution is -0.137. The van der Waals surface area contributed by atoms with E-state index in [1.54, 1.807) is 0 Å². The summed E-state index contributed by atoms with van der Waals surface area (Å²) in [6.07, 6.45) is -0.303. The summed E-state index contributed by atoms with van der Waals surface area (Å²) in [5.41, 5.74) is 0.225. The molecule has 1 heterocycles. The highest BCUT2D eigenvalue weighted by molar-refractivity contribution is 5.79. The number of alkyl halides is 3. The maximum absolute atomic E-state index is 12.6. The molecule has 0 radical (unpaired) electrons. The summed E-state index contributed by atoms with van der Waals surface area (Å²) in [5, 5.41) is 3.04. The van der Waals surface area contributed by atoms with Gasteiger partial charge in [-0.3, -0.25) is 9.69 Å². The number of likely N-dealkylation sites (tertiary alicyclic amines) is 1. The first-order valence-corrected chi connectivity index (χ1v) is 8.11. The van der Waals surface area contributed by atoms with E-state index < -0.39 is 11.7 Å². The van der Waals surface area contributed by atoms with Crippen molar-refractivity contribution in [1.82, 2.24) is 10.2 Å². The summed E-state index contributed by atoms with van der Waals surface area (Å²) in [4.78, 5) is 14.3. The van der Waals surface area contributed by atoms with Gasteiger partial charge in [-0.25, -0.2) is 0 Å². The number of carbonyl (C=O) groups excluding carboxylic acids is 1. The molecule has 1 aromatic carbocycles. The van der Waals surface area contributed by atoms with Gasteiger partial charge in [-0.15, -0.1) is 0 Å². The van der Waals surface area contributed by atoms with Gasteiger partial charge in [0.05, 0.1) is 11.5 Å². The third-order valence-corrected chi connectivity index (χ3v) is 4.49. The molecule has 23 heavy (non-hydrogen) atoms. The average Bonchev–Trinajstić information content (AvgIpc) is 3.31. The molecule has 1 atom stereocenters. The summed E-state index contributed by atoms with van der Waals surface area (Å²) >= 11 is 0. The summed E-state index contributed by atoms with van der Waals surface area (Å²) in [6, 6.07) is 5.66. The summed E-state index contributed by atoms with van der Waals surface area (Å²) in [6.45, 7) is 2.15. The molecule has 3 nitrogen and oxygen atoms in total. The van der Waals surface area contributed by atoms with E-state index in [2.05, 4.69) is 10.2 Å². The quantitative estimate of drug-likeness (QED) is 0.921. The van der Waals surface area contributed by atoms with Crippen LogP contribution in [-0.4, -0.2) is 29.9 Å². The Bertz CT molecular complexity index is 552. The zero-order valence-electron chi connectivity index (χ0n) is 12.9. The number of nitrogens with one attached hydrogen (secondary N) is 1. The van der Waals surface area contributed by atoms with Crippen LogP contribution in [-0.2, 0) is 17.5 Å². The average molecular weight is 326 g/mol. The van der Waals surface area contributed by atoms with Crippen LogP contribution in [0.1, 0.15) is 36.8 Å². The molecule has 1 saturated heterocycles. The Morgan fingerprint density at radius 1 is 1.17 bits per heavy atom. The molecule has 1 aromatic rings. The smallest absolute Gasteiger partial charge is 0.353 e. The van der Waals surface area contributed by atoms with Crippen molar-refractivity contribution in [3.05, 3.63) is 35.4 Å². The predicted molar refractivity (Wildman–Crippen MR) is 80.6 cm³/mol. The molecule has 0 aromatic heterocycles. The second kappa shape index (κ2) is 6.51. The van der Waals surface area contributed by atoms with Gasteiger partial charge in [0.1, 0.15) is 0 Å². The van der Waals surface area contributed by atoms with Crippen molar-refractivity contribution in [2.75, 3.05) is 13.1 Å². The Morgan fingerprint density at radius 2 is 1.87 bits per heavy atom. The molecule has 1 aliphatic carbocycles. The fourth-order valence-corrected chi connectivity index (χ4v) is 3.02. The number of benzene rings is 1. The van der Waals surface area contributed by atoms with Crippen LogP contribution in [0.15, 0.2) is 24.3 Å².